The Kier molecular flexibility index (Phi) is 2.64. The highest BCUT2D eigenvalue weighted by molar-refractivity contribution is 6.23. The van der Waals surface area contributed by atoms with Gasteiger partial charge in [-0.25, -0.2) is 0 Å². The lowest BCUT2D eigenvalue weighted by molar-refractivity contribution is -0.117. The fourth-order valence-electron chi connectivity index (χ4n) is 2.55. The van der Waals surface area contributed by atoms with Crippen molar-refractivity contribution in [1.82, 2.24) is 0 Å². The number of carbonyl (C=O) groups is 1. The molecular weight excluding hydrogens is 202 g/mol. The van der Waals surface area contributed by atoms with Gasteiger partial charge in [-0.2, -0.15) is 0 Å². The Hall–Kier alpha value is -1.12. The third-order valence-corrected chi connectivity index (χ3v) is 3.32. The minimum atomic E-state index is -0.116. The first-order valence-corrected chi connectivity index (χ1v) is 5.91. The third kappa shape index (κ3) is 2.04. The van der Waals surface area contributed by atoms with Crippen LogP contribution in [0.4, 0.5) is 0 Å². The molecule has 16 heavy (non-hydrogen) atoms. The van der Waals surface area contributed by atoms with Gasteiger partial charge in [-0.15, -0.1) is 0 Å². The SMILES string of the molecule is CC1CCC(C2=C(O)CC(C)(C)CC2=O)=N1. The quantitative estimate of drug-likeness (QED) is 0.740. The Bertz CT molecular complexity index is 391. The summed E-state index contributed by atoms with van der Waals surface area (Å²) in [5.41, 5.74) is 1.23. The van der Waals surface area contributed by atoms with Gasteiger partial charge in [0.15, 0.2) is 5.78 Å². The normalized spacial score (nSPS) is 29.6. The van der Waals surface area contributed by atoms with Gasteiger partial charge in [0.1, 0.15) is 5.76 Å². The lowest BCUT2D eigenvalue weighted by atomic mass is 9.75. The molecule has 0 saturated heterocycles. The van der Waals surface area contributed by atoms with E-state index in [2.05, 4.69) is 4.99 Å². The summed E-state index contributed by atoms with van der Waals surface area (Å²) in [6, 6.07) is 0.290. The van der Waals surface area contributed by atoms with E-state index in [1.54, 1.807) is 0 Å². The first kappa shape index (κ1) is 11.4. The topological polar surface area (TPSA) is 49.7 Å². The van der Waals surface area contributed by atoms with Gasteiger partial charge in [0, 0.05) is 24.6 Å². The Labute approximate surface area is 96.3 Å². The zero-order valence-electron chi connectivity index (χ0n) is 10.2. The zero-order valence-corrected chi connectivity index (χ0v) is 10.2. The highest BCUT2D eigenvalue weighted by Crippen LogP contribution is 2.37. The van der Waals surface area contributed by atoms with Crippen LogP contribution in [0, 0.1) is 5.41 Å². The van der Waals surface area contributed by atoms with E-state index in [-0.39, 0.29) is 23.0 Å². The van der Waals surface area contributed by atoms with E-state index < -0.39 is 0 Å². The summed E-state index contributed by atoms with van der Waals surface area (Å²) in [4.78, 5) is 16.5. The van der Waals surface area contributed by atoms with Gasteiger partial charge in [0.25, 0.3) is 0 Å². The molecule has 0 aromatic rings. The van der Waals surface area contributed by atoms with Crippen molar-refractivity contribution in [3.63, 3.8) is 0 Å². The number of Topliss-reactive ketones (excluding diaryl/α,β-unsaturated/α-hetero) is 1. The van der Waals surface area contributed by atoms with Crippen LogP contribution in [0.25, 0.3) is 0 Å². The van der Waals surface area contributed by atoms with Gasteiger partial charge < -0.3 is 5.11 Å². The van der Waals surface area contributed by atoms with Crippen LogP contribution in [0.5, 0.6) is 0 Å². The van der Waals surface area contributed by atoms with E-state index in [0.717, 1.165) is 18.6 Å². The van der Waals surface area contributed by atoms with Gasteiger partial charge in [0.05, 0.1) is 5.57 Å². The van der Waals surface area contributed by atoms with Crippen LogP contribution >= 0.6 is 0 Å². The molecule has 0 bridgehead atoms. The van der Waals surface area contributed by atoms with E-state index >= 15 is 0 Å². The average molecular weight is 221 g/mol. The van der Waals surface area contributed by atoms with Crippen molar-refractivity contribution in [1.29, 1.82) is 0 Å². The van der Waals surface area contributed by atoms with Crippen LogP contribution in [0.15, 0.2) is 16.3 Å². The number of ketones is 1. The maximum absolute atomic E-state index is 12.0. The summed E-state index contributed by atoms with van der Waals surface area (Å²) in [6.07, 6.45) is 2.91. The monoisotopic (exact) mass is 221 g/mol. The second-order valence-corrected chi connectivity index (χ2v) is 5.73. The molecule has 1 unspecified atom stereocenters. The molecule has 0 fully saturated rings. The molecule has 3 nitrogen and oxygen atoms in total. The van der Waals surface area contributed by atoms with Crippen molar-refractivity contribution in [3.05, 3.63) is 11.3 Å². The number of nitrogens with zero attached hydrogens (tertiary/aromatic N) is 1. The molecule has 0 aromatic heterocycles. The highest BCUT2D eigenvalue weighted by Gasteiger charge is 2.35. The number of hydrogen-bond donors (Lipinski definition) is 1. The molecule has 0 saturated carbocycles. The number of aliphatic hydroxyl groups is 1. The molecule has 0 aromatic carbocycles. The fourth-order valence-corrected chi connectivity index (χ4v) is 2.55. The van der Waals surface area contributed by atoms with Crippen LogP contribution in [0.1, 0.15) is 46.5 Å². The molecule has 1 N–H and O–H groups in total. The first-order chi connectivity index (χ1) is 7.39. The average Bonchev–Trinajstić information content (AvgIpc) is 2.47. The van der Waals surface area contributed by atoms with E-state index in [1.807, 2.05) is 20.8 Å². The molecule has 0 amide bonds. The smallest absolute Gasteiger partial charge is 0.168 e. The molecule has 88 valence electrons. The van der Waals surface area contributed by atoms with Crippen LogP contribution in [0.2, 0.25) is 0 Å². The van der Waals surface area contributed by atoms with Crippen LogP contribution < -0.4 is 0 Å². The summed E-state index contributed by atoms with van der Waals surface area (Å²) < 4.78 is 0. The molecule has 0 spiro atoms. The number of aliphatic imine (C=N–C) groups is 1. The van der Waals surface area contributed by atoms with Crippen molar-refractivity contribution in [3.8, 4) is 0 Å². The van der Waals surface area contributed by atoms with Gasteiger partial charge in [-0.3, -0.25) is 9.79 Å². The number of allylic oxidation sites excluding steroid dienone is 2. The Balaban J connectivity index is 2.34. The predicted molar refractivity (Wildman–Crippen MR) is 63.8 cm³/mol. The van der Waals surface area contributed by atoms with Crippen LogP contribution in [-0.2, 0) is 4.79 Å². The fraction of sp³-hybridized carbons (Fsp3) is 0.692. The van der Waals surface area contributed by atoms with Crippen molar-refractivity contribution in [2.45, 2.75) is 52.5 Å². The number of rotatable bonds is 1. The second-order valence-electron chi connectivity index (χ2n) is 5.73. The second kappa shape index (κ2) is 3.72. The summed E-state index contributed by atoms with van der Waals surface area (Å²) in [5.74, 6) is 0.302. The standard InChI is InChI=1S/C13H19NO2/c1-8-4-5-9(14-8)12-10(15)6-13(2,3)7-11(12)16/h8,15H,4-7H2,1-3H3. The summed E-state index contributed by atoms with van der Waals surface area (Å²) in [7, 11) is 0. The molecule has 1 aliphatic carbocycles. The van der Waals surface area contributed by atoms with Crippen LogP contribution in [-0.4, -0.2) is 22.6 Å². The maximum Gasteiger partial charge on any atom is 0.168 e. The molecule has 1 aliphatic heterocycles. The first-order valence-electron chi connectivity index (χ1n) is 5.91. The van der Waals surface area contributed by atoms with Gasteiger partial charge in [-0.1, -0.05) is 13.8 Å². The predicted octanol–water partition coefficient (Wildman–Crippen LogP) is 2.81. The number of hydrogen-bond acceptors (Lipinski definition) is 3. The minimum absolute atomic E-state index is 0.0570. The maximum atomic E-state index is 12.0. The van der Waals surface area contributed by atoms with E-state index in [1.165, 1.54) is 0 Å². The lowest BCUT2D eigenvalue weighted by Crippen LogP contribution is -2.28. The largest absolute Gasteiger partial charge is 0.511 e. The minimum Gasteiger partial charge on any atom is -0.511 e. The van der Waals surface area contributed by atoms with E-state index in [0.29, 0.717) is 18.4 Å². The lowest BCUT2D eigenvalue weighted by Gasteiger charge is -2.29. The zero-order chi connectivity index (χ0) is 11.9. The van der Waals surface area contributed by atoms with Gasteiger partial charge >= 0.3 is 0 Å². The van der Waals surface area contributed by atoms with Crippen LogP contribution in [0.3, 0.4) is 0 Å². The summed E-state index contributed by atoms with van der Waals surface area (Å²) in [6.45, 7) is 6.07. The van der Waals surface area contributed by atoms with Gasteiger partial charge in [0.2, 0.25) is 0 Å². The Morgan fingerprint density at radius 1 is 1.38 bits per heavy atom. The molecular formula is C13H19NO2. The molecule has 1 atom stereocenters. The molecule has 2 aliphatic rings. The molecule has 1 heterocycles. The number of aliphatic hydroxyl groups excluding tert-OH is 1. The van der Waals surface area contributed by atoms with E-state index in [9.17, 15) is 9.90 Å². The number of carbonyl (C=O) groups excluding carboxylic acids is 1. The van der Waals surface area contributed by atoms with Gasteiger partial charge in [-0.05, 0) is 25.2 Å². The van der Waals surface area contributed by atoms with Crippen molar-refractivity contribution in [2.24, 2.45) is 10.4 Å². The molecule has 2 rings (SSSR count). The van der Waals surface area contributed by atoms with Crippen molar-refractivity contribution >= 4 is 11.5 Å². The van der Waals surface area contributed by atoms with Crippen molar-refractivity contribution < 1.29 is 9.90 Å². The third-order valence-electron chi connectivity index (χ3n) is 3.32. The van der Waals surface area contributed by atoms with E-state index in [4.69, 9.17) is 0 Å². The highest BCUT2D eigenvalue weighted by atomic mass is 16.3. The Morgan fingerprint density at radius 2 is 2.06 bits per heavy atom. The summed E-state index contributed by atoms with van der Waals surface area (Å²) >= 11 is 0. The summed E-state index contributed by atoms with van der Waals surface area (Å²) in [5, 5.41) is 10.00. The Morgan fingerprint density at radius 3 is 2.56 bits per heavy atom. The molecule has 0 radical (unpaired) electrons. The molecule has 3 heteroatoms. The van der Waals surface area contributed by atoms with Crippen molar-refractivity contribution in [2.75, 3.05) is 0 Å².